The monoisotopic (exact) mass is 769 g/mol. The smallest absolute Gasteiger partial charge is 0.462 e. The third-order valence-electron chi connectivity index (χ3n) is 8.62. The predicted octanol–water partition coefficient (Wildman–Crippen LogP) is 11.5. The predicted molar refractivity (Wildman–Crippen MR) is 220 cm³/mol. The number of ether oxygens (including phenoxy) is 2. The topological polar surface area (TPSA) is 108 Å². The van der Waals surface area contributed by atoms with Gasteiger partial charge in [-0.25, -0.2) is 4.57 Å². The molecule has 0 fully saturated rings. The van der Waals surface area contributed by atoms with Crippen LogP contribution < -0.4 is 0 Å². The van der Waals surface area contributed by atoms with Gasteiger partial charge >= 0.3 is 19.8 Å². The Kier molecular flexibility index (Phi) is 34.3. The minimum absolute atomic E-state index is 0.0258. The van der Waals surface area contributed by atoms with Gasteiger partial charge in [-0.05, 0) is 51.4 Å². The van der Waals surface area contributed by atoms with Crippen LogP contribution in [0.15, 0.2) is 48.6 Å². The maximum atomic E-state index is 12.7. The Labute approximate surface area is 324 Å². The Morgan fingerprint density at radius 3 is 1.60 bits per heavy atom. The molecule has 10 heteroatoms. The molecule has 0 rings (SSSR count). The number of rotatable bonds is 37. The SMILES string of the molecule is CC/C=C\C/C=C\C/C=C\C/C=C\CCCCCCC(=O)OC(COC(=O)CCCCCCCCCCCCCC)COP(=O)(O)OCC[N+](C)(C)C. The number of carbonyl (C=O) groups excluding carboxylic acids is 2. The van der Waals surface area contributed by atoms with Crippen LogP contribution in [-0.2, 0) is 32.7 Å². The number of unbranched alkanes of at least 4 members (excludes halogenated alkanes) is 15. The van der Waals surface area contributed by atoms with Crippen molar-refractivity contribution in [3.05, 3.63) is 48.6 Å². The molecule has 9 nitrogen and oxygen atoms in total. The first-order valence-corrected chi connectivity index (χ1v) is 22.4. The Morgan fingerprint density at radius 2 is 1.08 bits per heavy atom. The van der Waals surface area contributed by atoms with Crippen LogP contribution >= 0.6 is 7.82 Å². The number of likely N-dealkylation sites (N-methyl/N-ethyl adjacent to an activating group) is 1. The number of hydrogen-bond donors (Lipinski definition) is 1. The molecule has 0 aromatic heterocycles. The van der Waals surface area contributed by atoms with E-state index in [1.54, 1.807) is 0 Å². The highest BCUT2D eigenvalue weighted by atomic mass is 31.2. The van der Waals surface area contributed by atoms with E-state index in [2.05, 4.69) is 62.5 Å². The lowest BCUT2D eigenvalue weighted by atomic mass is 10.0. The molecule has 308 valence electrons. The number of quaternary nitrogens is 1. The summed E-state index contributed by atoms with van der Waals surface area (Å²) >= 11 is 0. The minimum Gasteiger partial charge on any atom is -0.462 e. The van der Waals surface area contributed by atoms with E-state index >= 15 is 0 Å². The van der Waals surface area contributed by atoms with Crippen molar-refractivity contribution in [2.45, 2.75) is 168 Å². The summed E-state index contributed by atoms with van der Waals surface area (Å²) < 4.78 is 34.2. The van der Waals surface area contributed by atoms with E-state index in [4.69, 9.17) is 18.5 Å². The van der Waals surface area contributed by atoms with Gasteiger partial charge in [-0.3, -0.25) is 18.6 Å². The molecule has 0 amide bonds. The molecule has 2 unspecified atom stereocenters. The fourth-order valence-corrected chi connectivity index (χ4v) is 6.10. The first kappa shape index (κ1) is 51.0. The van der Waals surface area contributed by atoms with Crippen LogP contribution in [0.3, 0.4) is 0 Å². The number of carbonyl (C=O) groups is 2. The van der Waals surface area contributed by atoms with Crippen molar-refractivity contribution in [1.82, 2.24) is 0 Å². The van der Waals surface area contributed by atoms with Crippen molar-refractivity contribution in [2.75, 3.05) is 47.5 Å². The van der Waals surface area contributed by atoms with Crippen LogP contribution in [0.4, 0.5) is 0 Å². The van der Waals surface area contributed by atoms with E-state index in [0.717, 1.165) is 70.6 Å². The summed E-state index contributed by atoms with van der Waals surface area (Å²) in [5.74, 6) is -0.828. The highest BCUT2D eigenvalue weighted by Crippen LogP contribution is 2.43. The molecule has 0 saturated carbocycles. The van der Waals surface area contributed by atoms with E-state index in [1.165, 1.54) is 57.8 Å². The van der Waals surface area contributed by atoms with E-state index in [1.807, 2.05) is 21.1 Å². The lowest BCUT2D eigenvalue weighted by Crippen LogP contribution is -2.37. The lowest BCUT2D eigenvalue weighted by Gasteiger charge is -2.24. The van der Waals surface area contributed by atoms with Crippen molar-refractivity contribution in [3.8, 4) is 0 Å². The number of nitrogens with zero attached hydrogens (tertiary/aromatic N) is 1. The van der Waals surface area contributed by atoms with E-state index in [9.17, 15) is 19.0 Å². The molecule has 0 spiro atoms. The highest BCUT2D eigenvalue weighted by molar-refractivity contribution is 7.47. The number of allylic oxidation sites excluding steroid dienone is 8. The van der Waals surface area contributed by atoms with Crippen LogP contribution in [0.5, 0.6) is 0 Å². The zero-order valence-electron chi connectivity index (χ0n) is 34.5. The molecule has 0 aliphatic rings. The summed E-state index contributed by atoms with van der Waals surface area (Å²) in [6.45, 7) is 4.26. The molecule has 53 heavy (non-hydrogen) atoms. The van der Waals surface area contributed by atoms with Gasteiger partial charge < -0.3 is 18.9 Å². The molecular formula is C43H79NO8P+. The summed E-state index contributed by atoms with van der Waals surface area (Å²) in [6.07, 6.45) is 40.1. The minimum atomic E-state index is -4.38. The van der Waals surface area contributed by atoms with Crippen LogP contribution in [0.1, 0.15) is 162 Å². The van der Waals surface area contributed by atoms with Gasteiger partial charge in [0.1, 0.15) is 19.8 Å². The fraction of sp³-hybridized carbons (Fsp3) is 0.767. The van der Waals surface area contributed by atoms with Gasteiger partial charge in [0.05, 0.1) is 27.7 Å². The Morgan fingerprint density at radius 1 is 0.604 bits per heavy atom. The Hall–Kier alpha value is -2.03. The van der Waals surface area contributed by atoms with Crippen LogP contribution in [0, 0.1) is 0 Å². The number of phosphoric acid groups is 1. The fourth-order valence-electron chi connectivity index (χ4n) is 5.36. The average molecular weight is 769 g/mol. The summed E-state index contributed by atoms with van der Waals surface area (Å²) in [7, 11) is 1.45. The second-order valence-corrected chi connectivity index (χ2v) is 16.5. The standard InChI is InChI=1S/C43H78NO8P/c1-6-8-10-12-14-16-18-20-21-22-23-24-26-28-30-32-34-36-43(46)52-41(40-51-53(47,48)50-38-37-44(3,4)5)39-49-42(45)35-33-31-29-27-25-19-17-15-13-11-9-7-2/h8,10,14,16,20-21,23-24,41H,6-7,9,11-13,15,17-19,22,25-40H2,1-5H3/p+1/b10-8-,16-14-,21-20-,24-23-. The van der Waals surface area contributed by atoms with Gasteiger partial charge in [0.2, 0.25) is 0 Å². The van der Waals surface area contributed by atoms with Gasteiger partial charge in [0, 0.05) is 12.8 Å². The summed E-state index contributed by atoms with van der Waals surface area (Å²) in [5.41, 5.74) is 0. The molecule has 0 radical (unpaired) electrons. The van der Waals surface area contributed by atoms with Crippen molar-refractivity contribution >= 4 is 19.8 Å². The molecule has 0 heterocycles. The third kappa shape index (κ3) is 39.5. The first-order valence-electron chi connectivity index (χ1n) is 20.9. The Balaban J connectivity index is 4.44. The molecule has 2 atom stereocenters. The highest BCUT2D eigenvalue weighted by Gasteiger charge is 2.27. The number of hydrogen-bond acceptors (Lipinski definition) is 7. The van der Waals surface area contributed by atoms with Crippen molar-refractivity contribution in [3.63, 3.8) is 0 Å². The van der Waals surface area contributed by atoms with Gasteiger partial charge in [0.25, 0.3) is 0 Å². The lowest BCUT2D eigenvalue weighted by molar-refractivity contribution is -0.870. The first-order chi connectivity index (χ1) is 25.5. The van der Waals surface area contributed by atoms with Gasteiger partial charge in [-0.2, -0.15) is 0 Å². The molecule has 0 aliphatic carbocycles. The van der Waals surface area contributed by atoms with E-state index in [-0.39, 0.29) is 32.0 Å². The average Bonchev–Trinajstić information content (AvgIpc) is 3.10. The van der Waals surface area contributed by atoms with Crippen LogP contribution in [-0.4, -0.2) is 74.9 Å². The van der Waals surface area contributed by atoms with Gasteiger partial charge in [0.15, 0.2) is 6.10 Å². The Bertz CT molecular complexity index is 1050. The molecule has 0 bridgehead atoms. The van der Waals surface area contributed by atoms with Crippen molar-refractivity contribution in [1.29, 1.82) is 0 Å². The normalized spacial score (nSPS) is 14.2. The van der Waals surface area contributed by atoms with Gasteiger partial charge in [-0.1, -0.05) is 146 Å². The summed E-state index contributed by atoms with van der Waals surface area (Å²) in [6, 6.07) is 0. The molecule has 0 aromatic carbocycles. The maximum Gasteiger partial charge on any atom is 0.472 e. The molecule has 1 N–H and O–H groups in total. The van der Waals surface area contributed by atoms with E-state index < -0.39 is 26.5 Å². The molecule has 0 aromatic rings. The molecule has 0 aliphatic heterocycles. The zero-order valence-corrected chi connectivity index (χ0v) is 35.4. The molecular weight excluding hydrogens is 689 g/mol. The molecule has 0 saturated heterocycles. The number of phosphoric ester groups is 1. The van der Waals surface area contributed by atoms with Crippen molar-refractivity contribution < 1.29 is 42.1 Å². The van der Waals surface area contributed by atoms with Gasteiger partial charge in [-0.15, -0.1) is 0 Å². The second kappa shape index (κ2) is 35.7. The van der Waals surface area contributed by atoms with Crippen molar-refractivity contribution in [2.24, 2.45) is 0 Å². The van der Waals surface area contributed by atoms with Crippen LogP contribution in [0.25, 0.3) is 0 Å². The number of esters is 2. The quantitative estimate of drug-likeness (QED) is 0.0219. The zero-order chi connectivity index (χ0) is 39.3. The van der Waals surface area contributed by atoms with E-state index in [0.29, 0.717) is 17.4 Å². The summed E-state index contributed by atoms with van der Waals surface area (Å²) in [5, 5.41) is 0. The summed E-state index contributed by atoms with van der Waals surface area (Å²) in [4.78, 5) is 35.3. The maximum absolute atomic E-state index is 12.7. The second-order valence-electron chi connectivity index (χ2n) is 15.0. The third-order valence-corrected chi connectivity index (χ3v) is 9.61. The van der Waals surface area contributed by atoms with Crippen LogP contribution in [0.2, 0.25) is 0 Å². The largest absolute Gasteiger partial charge is 0.472 e.